The van der Waals surface area contributed by atoms with Gasteiger partial charge in [0.25, 0.3) is 0 Å². The Hall–Kier alpha value is -1.22. The van der Waals surface area contributed by atoms with Gasteiger partial charge in [0.05, 0.1) is 16.0 Å². The zero-order valence-electron chi connectivity index (χ0n) is 14.1. The molecule has 0 radical (unpaired) electrons. The summed E-state index contributed by atoms with van der Waals surface area (Å²) in [6.45, 7) is 4.97. The third kappa shape index (κ3) is 3.72. The van der Waals surface area contributed by atoms with Crippen molar-refractivity contribution in [3.05, 3.63) is 23.8 Å². The minimum atomic E-state index is -3.18. The lowest BCUT2D eigenvalue weighted by atomic mass is 10.2. The van der Waals surface area contributed by atoms with Crippen LogP contribution in [-0.2, 0) is 14.8 Å². The van der Waals surface area contributed by atoms with Crippen molar-refractivity contribution in [1.29, 1.82) is 0 Å². The van der Waals surface area contributed by atoms with E-state index in [1.54, 1.807) is 22.8 Å². The first-order chi connectivity index (χ1) is 11.5. The Morgan fingerprint density at radius 1 is 1.25 bits per heavy atom. The number of sulfonamides is 1. The van der Waals surface area contributed by atoms with E-state index in [2.05, 4.69) is 17.9 Å². The molecular weight excluding hydrogens is 346 g/mol. The fourth-order valence-electron chi connectivity index (χ4n) is 2.88. The van der Waals surface area contributed by atoms with Crippen LogP contribution in [-0.4, -0.2) is 63.4 Å². The Morgan fingerprint density at radius 3 is 2.67 bits per heavy atom. The van der Waals surface area contributed by atoms with E-state index in [0.29, 0.717) is 39.2 Å². The summed E-state index contributed by atoms with van der Waals surface area (Å²) in [4.78, 5) is 6.89. The van der Waals surface area contributed by atoms with Crippen LogP contribution in [0.1, 0.15) is 12.0 Å². The highest BCUT2D eigenvalue weighted by atomic mass is 32.2. The highest BCUT2D eigenvalue weighted by Gasteiger charge is 2.27. The van der Waals surface area contributed by atoms with Crippen LogP contribution in [0.25, 0.3) is 10.2 Å². The van der Waals surface area contributed by atoms with Crippen molar-refractivity contribution in [2.75, 3.05) is 50.5 Å². The number of rotatable bonds is 6. The second kappa shape index (κ2) is 7.35. The van der Waals surface area contributed by atoms with Crippen LogP contribution in [0.2, 0.25) is 0 Å². The second-order valence-electron chi connectivity index (χ2n) is 5.97. The Labute approximate surface area is 147 Å². The molecule has 2 heterocycles. The number of aryl methyl sites for hydroxylation is 1. The van der Waals surface area contributed by atoms with Crippen molar-refractivity contribution in [2.24, 2.45) is 0 Å². The predicted octanol–water partition coefficient (Wildman–Crippen LogP) is 2.09. The minimum Gasteiger partial charge on any atom is -0.385 e. The lowest BCUT2D eigenvalue weighted by Gasteiger charge is -2.33. The van der Waals surface area contributed by atoms with Gasteiger partial charge in [-0.3, -0.25) is 0 Å². The van der Waals surface area contributed by atoms with Gasteiger partial charge in [-0.15, -0.1) is 0 Å². The number of benzene rings is 1. The van der Waals surface area contributed by atoms with Crippen LogP contribution >= 0.6 is 11.3 Å². The molecule has 24 heavy (non-hydrogen) atoms. The van der Waals surface area contributed by atoms with E-state index in [9.17, 15) is 8.42 Å². The second-order valence-corrected chi connectivity index (χ2v) is 9.03. The molecule has 0 saturated carbocycles. The molecule has 0 unspecified atom stereocenters. The van der Waals surface area contributed by atoms with Gasteiger partial charge in [-0.25, -0.2) is 13.4 Å². The number of ether oxygens (including phenoxy) is 1. The molecule has 0 bridgehead atoms. The lowest BCUT2D eigenvalue weighted by Crippen LogP contribution is -2.49. The molecule has 0 spiro atoms. The molecule has 1 saturated heterocycles. The molecule has 1 aromatic heterocycles. The number of hydrogen-bond donors (Lipinski definition) is 0. The van der Waals surface area contributed by atoms with Crippen molar-refractivity contribution < 1.29 is 13.2 Å². The summed E-state index contributed by atoms with van der Waals surface area (Å²) in [6, 6.07) is 6.14. The van der Waals surface area contributed by atoms with Gasteiger partial charge in [0.1, 0.15) is 0 Å². The van der Waals surface area contributed by atoms with Crippen LogP contribution in [0.5, 0.6) is 0 Å². The van der Waals surface area contributed by atoms with Gasteiger partial charge in [0.2, 0.25) is 10.0 Å². The summed E-state index contributed by atoms with van der Waals surface area (Å²) in [6.07, 6.45) is 0.538. The average molecular weight is 370 g/mol. The molecule has 3 rings (SSSR count). The van der Waals surface area contributed by atoms with E-state index >= 15 is 0 Å². The fraction of sp³-hybridized carbons (Fsp3) is 0.562. The third-order valence-electron chi connectivity index (χ3n) is 4.25. The molecule has 132 valence electrons. The van der Waals surface area contributed by atoms with Gasteiger partial charge in [-0.2, -0.15) is 4.31 Å². The summed E-state index contributed by atoms with van der Waals surface area (Å²) in [7, 11) is -1.59. The Morgan fingerprint density at radius 2 is 2.00 bits per heavy atom. The van der Waals surface area contributed by atoms with E-state index < -0.39 is 10.0 Å². The van der Waals surface area contributed by atoms with Gasteiger partial charge in [-0.05, 0) is 25.0 Å². The van der Waals surface area contributed by atoms with Crippen molar-refractivity contribution in [3.8, 4) is 0 Å². The Kier molecular flexibility index (Phi) is 5.39. The van der Waals surface area contributed by atoms with Crippen molar-refractivity contribution in [2.45, 2.75) is 13.3 Å². The number of thiazole rings is 1. The van der Waals surface area contributed by atoms with Crippen LogP contribution in [0.4, 0.5) is 5.13 Å². The molecule has 0 amide bonds. The molecule has 1 aliphatic heterocycles. The molecule has 1 aromatic carbocycles. The monoisotopic (exact) mass is 369 g/mol. The summed E-state index contributed by atoms with van der Waals surface area (Å²) in [5, 5.41) is 0.982. The van der Waals surface area contributed by atoms with E-state index in [-0.39, 0.29) is 5.75 Å². The van der Waals surface area contributed by atoms with Gasteiger partial charge in [-0.1, -0.05) is 23.5 Å². The maximum absolute atomic E-state index is 12.3. The van der Waals surface area contributed by atoms with E-state index in [0.717, 1.165) is 10.6 Å². The van der Waals surface area contributed by atoms with Crippen LogP contribution in [0.15, 0.2) is 18.2 Å². The maximum atomic E-state index is 12.3. The molecule has 6 nitrogen and oxygen atoms in total. The van der Waals surface area contributed by atoms with Crippen LogP contribution in [0, 0.1) is 6.92 Å². The van der Waals surface area contributed by atoms with Crippen LogP contribution < -0.4 is 4.90 Å². The number of hydrogen-bond acceptors (Lipinski definition) is 6. The smallest absolute Gasteiger partial charge is 0.214 e. The first-order valence-corrected chi connectivity index (χ1v) is 10.5. The number of methoxy groups -OCH3 is 1. The molecule has 1 fully saturated rings. The lowest BCUT2D eigenvalue weighted by molar-refractivity contribution is 0.199. The fourth-order valence-corrected chi connectivity index (χ4v) is 5.43. The molecule has 0 N–H and O–H groups in total. The summed E-state index contributed by atoms with van der Waals surface area (Å²) in [5.74, 6) is 0.154. The Balaban J connectivity index is 1.65. The zero-order valence-corrected chi connectivity index (χ0v) is 15.7. The molecule has 0 atom stereocenters. The predicted molar refractivity (Wildman–Crippen MR) is 98.4 cm³/mol. The largest absolute Gasteiger partial charge is 0.385 e. The summed E-state index contributed by atoms with van der Waals surface area (Å²) < 4.78 is 32.4. The third-order valence-corrected chi connectivity index (χ3v) is 7.48. The molecule has 8 heteroatoms. The van der Waals surface area contributed by atoms with Gasteiger partial charge < -0.3 is 9.64 Å². The molecular formula is C16H23N3O3S2. The van der Waals surface area contributed by atoms with Gasteiger partial charge in [0, 0.05) is 39.9 Å². The first kappa shape index (κ1) is 17.6. The number of fused-ring (bicyclic) bond motifs is 1. The van der Waals surface area contributed by atoms with E-state index in [1.807, 2.05) is 12.1 Å². The van der Waals surface area contributed by atoms with Crippen molar-refractivity contribution >= 4 is 36.7 Å². The molecule has 2 aromatic rings. The topological polar surface area (TPSA) is 62.7 Å². The first-order valence-electron chi connectivity index (χ1n) is 8.09. The minimum absolute atomic E-state index is 0.154. The quantitative estimate of drug-likeness (QED) is 0.730. The molecule has 0 aliphatic carbocycles. The number of piperazine rings is 1. The number of aromatic nitrogens is 1. The standard InChI is InChI=1S/C16H23N3O3S2/c1-13-5-3-6-14-15(13)23-16(17-14)18-7-9-19(10-8-18)24(20,21)12-4-11-22-2/h3,5-6H,4,7-12H2,1-2H3. The molecule has 1 aliphatic rings. The van der Waals surface area contributed by atoms with E-state index in [1.165, 1.54) is 10.3 Å². The number of nitrogens with zero attached hydrogens (tertiary/aromatic N) is 3. The maximum Gasteiger partial charge on any atom is 0.214 e. The number of anilines is 1. The normalized spacial score (nSPS) is 16.8. The van der Waals surface area contributed by atoms with Crippen LogP contribution in [0.3, 0.4) is 0 Å². The SMILES string of the molecule is COCCCS(=O)(=O)N1CCN(c2nc3cccc(C)c3s2)CC1. The Bertz CT molecular complexity index is 796. The highest BCUT2D eigenvalue weighted by molar-refractivity contribution is 7.89. The summed E-state index contributed by atoms with van der Waals surface area (Å²) in [5.41, 5.74) is 2.25. The highest BCUT2D eigenvalue weighted by Crippen LogP contribution is 2.31. The van der Waals surface area contributed by atoms with Gasteiger partial charge in [0.15, 0.2) is 5.13 Å². The average Bonchev–Trinajstić information content (AvgIpc) is 3.01. The van der Waals surface area contributed by atoms with E-state index in [4.69, 9.17) is 9.72 Å². The van der Waals surface area contributed by atoms with Crippen molar-refractivity contribution in [3.63, 3.8) is 0 Å². The van der Waals surface area contributed by atoms with Gasteiger partial charge >= 0.3 is 0 Å². The summed E-state index contributed by atoms with van der Waals surface area (Å²) >= 11 is 1.69. The van der Waals surface area contributed by atoms with Crippen molar-refractivity contribution in [1.82, 2.24) is 9.29 Å². The zero-order chi connectivity index (χ0) is 17.2.